The molecule has 2 heterocycles. The summed E-state index contributed by atoms with van der Waals surface area (Å²) in [7, 11) is 1.77. The van der Waals surface area contributed by atoms with Gasteiger partial charge in [0.1, 0.15) is 5.56 Å². The maximum Gasteiger partial charge on any atom is 0.261 e. The lowest BCUT2D eigenvalue weighted by molar-refractivity contribution is 0.0741. The fourth-order valence-corrected chi connectivity index (χ4v) is 2.98. The maximum atomic E-state index is 12.7. The third kappa shape index (κ3) is 2.34. The van der Waals surface area contributed by atoms with E-state index in [1.807, 2.05) is 31.2 Å². The minimum absolute atomic E-state index is 0.155. The molecule has 0 spiro atoms. The van der Waals surface area contributed by atoms with Gasteiger partial charge in [0, 0.05) is 30.5 Å². The van der Waals surface area contributed by atoms with E-state index in [0.717, 1.165) is 36.0 Å². The largest absolute Gasteiger partial charge is 0.337 e. The molecule has 0 saturated carbocycles. The first-order valence-corrected chi connectivity index (χ1v) is 7.19. The third-order valence-electron chi connectivity index (χ3n) is 4.30. The Morgan fingerprint density at radius 1 is 1.33 bits per heavy atom. The molecule has 3 rings (SSSR count). The van der Waals surface area contributed by atoms with E-state index < -0.39 is 0 Å². The van der Waals surface area contributed by atoms with Gasteiger partial charge in [-0.1, -0.05) is 18.2 Å². The second-order valence-corrected chi connectivity index (χ2v) is 5.56. The SMILES string of the molecule is Cc1c(C(=O)N(C)C2CCNC2)c(=O)[nH]c2ccccc12. The monoisotopic (exact) mass is 285 g/mol. The average molecular weight is 285 g/mol. The van der Waals surface area contributed by atoms with Gasteiger partial charge in [-0.2, -0.15) is 0 Å². The zero-order valence-corrected chi connectivity index (χ0v) is 12.3. The molecular weight excluding hydrogens is 266 g/mol. The predicted molar refractivity (Wildman–Crippen MR) is 82.7 cm³/mol. The van der Waals surface area contributed by atoms with Crippen molar-refractivity contribution in [2.45, 2.75) is 19.4 Å². The molecule has 21 heavy (non-hydrogen) atoms. The van der Waals surface area contributed by atoms with E-state index in [9.17, 15) is 9.59 Å². The molecule has 1 aromatic heterocycles. The maximum absolute atomic E-state index is 12.7. The van der Waals surface area contributed by atoms with E-state index in [0.29, 0.717) is 0 Å². The van der Waals surface area contributed by atoms with Crippen molar-refractivity contribution in [1.82, 2.24) is 15.2 Å². The minimum atomic E-state index is -0.311. The molecule has 5 heteroatoms. The van der Waals surface area contributed by atoms with Crippen molar-refractivity contribution < 1.29 is 4.79 Å². The number of pyridine rings is 1. The number of amides is 1. The number of hydrogen-bond acceptors (Lipinski definition) is 3. The number of rotatable bonds is 2. The van der Waals surface area contributed by atoms with Gasteiger partial charge in [-0.15, -0.1) is 0 Å². The van der Waals surface area contributed by atoms with Gasteiger partial charge >= 0.3 is 0 Å². The highest BCUT2D eigenvalue weighted by Crippen LogP contribution is 2.19. The van der Waals surface area contributed by atoms with E-state index in [4.69, 9.17) is 0 Å². The summed E-state index contributed by atoms with van der Waals surface area (Å²) in [6.45, 7) is 3.54. The summed E-state index contributed by atoms with van der Waals surface area (Å²) in [5, 5.41) is 4.15. The smallest absolute Gasteiger partial charge is 0.261 e. The standard InChI is InChI=1S/C16H19N3O2/c1-10-12-5-3-4-6-13(12)18-15(20)14(10)16(21)19(2)11-7-8-17-9-11/h3-6,11,17H,7-9H2,1-2H3,(H,18,20). The van der Waals surface area contributed by atoms with Crippen LogP contribution in [0, 0.1) is 6.92 Å². The predicted octanol–water partition coefficient (Wildman–Crippen LogP) is 1.27. The first-order valence-electron chi connectivity index (χ1n) is 7.19. The van der Waals surface area contributed by atoms with Crippen molar-refractivity contribution in [2.24, 2.45) is 0 Å². The zero-order valence-electron chi connectivity index (χ0n) is 12.3. The molecule has 5 nitrogen and oxygen atoms in total. The minimum Gasteiger partial charge on any atom is -0.337 e. The van der Waals surface area contributed by atoms with Crippen LogP contribution in [0.4, 0.5) is 0 Å². The van der Waals surface area contributed by atoms with E-state index in [2.05, 4.69) is 10.3 Å². The molecule has 2 aromatic rings. The lowest BCUT2D eigenvalue weighted by atomic mass is 10.0. The van der Waals surface area contributed by atoms with Crippen LogP contribution in [0.5, 0.6) is 0 Å². The van der Waals surface area contributed by atoms with Crippen LogP contribution in [0.1, 0.15) is 22.3 Å². The van der Waals surface area contributed by atoms with Gasteiger partial charge in [-0.25, -0.2) is 0 Å². The van der Waals surface area contributed by atoms with Crippen molar-refractivity contribution >= 4 is 16.8 Å². The van der Waals surface area contributed by atoms with Gasteiger partial charge in [0.2, 0.25) is 0 Å². The second kappa shape index (κ2) is 5.33. The van der Waals surface area contributed by atoms with E-state index in [-0.39, 0.29) is 23.1 Å². The van der Waals surface area contributed by atoms with Crippen LogP contribution in [0.15, 0.2) is 29.1 Å². The quantitative estimate of drug-likeness (QED) is 0.873. The molecule has 0 radical (unpaired) electrons. The molecule has 1 aromatic carbocycles. The molecule has 110 valence electrons. The topological polar surface area (TPSA) is 65.2 Å². The summed E-state index contributed by atoms with van der Waals surface area (Å²) < 4.78 is 0. The highest BCUT2D eigenvalue weighted by molar-refractivity contribution is 5.99. The number of H-pyrrole nitrogens is 1. The van der Waals surface area contributed by atoms with Crippen LogP contribution in [0.2, 0.25) is 0 Å². The lowest BCUT2D eigenvalue weighted by Gasteiger charge is -2.24. The Morgan fingerprint density at radius 2 is 2.10 bits per heavy atom. The Bertz CT molecular complexity index is 745. The molecule has 0 aliphatic carbocycles. The van der Waals surface area contributed by atoms with Crippen LogP contribution in [-0.4, -0.2) is 42.0 Å². The molecule has 1 atom stereocenters. The van der Waals surface area contributed by atoms with Gasteiger partial charge in [-0.3, -0.25) is 9.59 Å². The summed E-state index contributed by atoms with van der Waals surface area (Å²) in [5.74, 6) is -0.201. The van der Waals surface area contributed by atoms with Crippen molar-refractivity contribution in [3.8, 4) is 0 Å². The van der Waals surface area contributed by atoms with Crippen LogP contribution in [0.3, 0.4) is 0 Å². The van der Waals surface area contributed by atoms with Crippen LogP contribution < -0.4 is 10.9 Å². The van der Waals surface area contributed by atoms with Gasteiger partial charge in [0.05, 0.1) is 0 Å². The van der Waals surface area contributed by atoms with Crippen LogP contribution >= 0.6 is 0 Å². The van der Waals surface area contributed by atoms with Crippen molar-refractivity contribution in [3.05, 3.63) is 45.7 Å². The average Bonchev–Trinajstić information content (AvgIpc) is 3.00. The third-order valence-corrected chi connectivity index (χ3v) is 4.30. The molecule has 0 bridgehead atoms. The van der Waals surface area contributed by atoms with Crippen molar-refractivity contribution in [2.75, 3.05) is 20.1 Å². The number of nitrogens with zero attached hydrogens (tertiary/aromatic N) is 1. The molecular formula is C16H19N3O2. The molecule has 1 fully saturated rings. The Balaban J connectivity index is 2.07. The van der Waals surface area contributed by atoms with Crippen LogP contribution in [0.25, 0.3) is 10.9 Å². The first-order chi connectivity index (χ1) is 10.1. The fourth-order valence-electron chi connectivity index (χ4n) is 2.98. The molecule has 1 aliphatic rings. The highest BCUT2D eigenvalue weighted by atomic mass is 16.2. The Labute approximate surface area is 123 Å². The Kier molecular flexibility index (Phi) is 3.51. The fraction of sp³-hybridized carbons (Fsp3) is 0.375. The highest BCUT2D eigenvalue weighted by Gasteiger charge is 2.27. The number of carbonyl (C=O) groups excluding carboxylic acids is 1. The van der Waals surface area contributed by atoms with Gasteiger partial charge in [0.25, 0.3) is 11.5 Å². The Hall–Kier alpha value is -2.14. The van der Waals surface area contributed by atoms with Crippen molar-refractivity contribution in [1.29, 1.82) is 0 Å². The Morgan fingerprint density at radius 3 is 2.81 bits per heavy atom. The number of aromatic amines is 1. The number of fused-ring (bicyclic) bond motifs is 1. The normalized spacial score (nSPS) is 18.1. The number of benzene rings is 1. The van der Waals surface area contributed by atoms with E-state index >= 15 is 0 Å². The lowest BCUT2D eigenvalue weighted by Crippen LogP contribution is -2.41. The summed E-state index contributed by atoms with van der Waals surface area (Å²) in [4.78, 5) is 29.5. The van der Waals surface area contributed by atoms with Gasteiger partial charge in [-0.05, 0) is 31.5 Å². The number of likely N-dealkylation sites (N-methyl/N-ethyl adjacent to an activating group) is 1. The molecule has 1 saturated heterocycles. The molecule has 2 N–H and O–H groups in total. The summed E-state index contributed by atoms with van der Waals surface area (Å²) >= 11 is 0. The second-order valence-electron chi connectivity index (χ2n) is 5.56. The number of carbonyl (C=O) groups is 1. The molecule has 1 amide bonds. The molecule has 1 aliphatic heterocycles. The summed E-state index contributed by atoms with van der Waals surface area (Å²) in [6.07, 6.45) is 0.923. The first kappa shape index (κ1) is 13.8. The zero-order chi connectivity index (χ0) is 15.0. The van der Waals surface area contributed by atoms with E-state index in [1.54, 1.807) is 11.9 Å². The van der Waals surface area contributed by atoms with Crippen LogP contribution in [-0.2, 0) is 0 Å². The number of aryl methyl sites for hydroxylation is 1. The number of nitrogens with one attached hydrogen (secondary N) is 2. The number of para-hydroxylation sites is 1. The number of hydrogen-bond donors (Lipinski definition) is 2. The summed E-state index contributed by atoms with van der Waals surface area (Å²) in [5.41, 5.74) is 1.45. The summed E-state index contributed by atoms with van der Waals surface area (Å²) in [6, 6.07) is 7.71. The number of aromatic nitrogens is 1. The van der Waals surface area contributed by atoms with Gasteiger partial charge in [0.15, 0.2) is 0 Å². The van der Waals surface area contributed by atoms with Crippen molar-refractivity contribution in [3.63, 3.8) is 0 Å². The van der Waals surface area contributed by atoms with Gasteiger partial charge < -0.3 is 15.2 Å². The molecule has 1 unspecified atom stereocenters. The van der Waals surface area contributed by atoms with E-state index in [1.165, 1.54) is 0 Å².